The first-order valence-electron chi connectivity index (χ1n) is 10.1. The summed E-state index contributed by atoms with van der Waals surface area (Å²) in [5, 5.41) is 8.34. The minimum atomic E-state index is -0.320. The fourth-order valence-corrected chi connectivity index (χ4v) is 3.45. The second-order valence-electron chi connectivity index (χ2n) is 7.23. The number of benzene rings is 2. The lowest BCUT2D eigenvalue weighted by atomic mass is 10.1. The van der Waals surface area contributed by atoms with Crippen molar-refractivity contribution in [2.45, 2.75) is 19.8 Å². The van der Waals surface area contributed by atoms with Crippen LogP contribution in [0.5, 0.6) is 5.75 Å². The second-order valence-corrected chi connectivity index (χ2v) is 7.61. The lowest BCUT2D eigenvalue weighted by Gasteiger charge is -2.10. The topological polar surface area (TPSA) is 66.0 Å². The number of rotatable bonds is 8. The van der Waals surface area contributed by atoms with E-state index in [2.05, 4.69) is 15.2 Å². The van der Waals surface area contributed by atoms with Gasteiger partial charge in [-0.15, -0.1) is 21.8 Å². The SMILES string of the molecule is COc1cc(C=C(CCCCl)c2nnc(-c3ccc(F)cc3)o2)ccc1-n1cnc(C)c1. The summed E-state index contributed by atoms with van der Waals surface area (Å²) in [5.41, 5.74) is 4.26. The number of hydrogen-bond acceptors (Lipinski definition) is 5. The third kappa shape index (κ3) is 4.89. The largest absolute Gasteiger partial charge is 0.495 e. The van der Waals surface area contributed by atoms with E-state index in [0.29, 0.717) is 35.4 Å². The standard InChI is InChI=1S/C24H22ClFN4O2/c1-16-14-30(15-27-16)21-10-5-17(13-22(21)31-2)12-19(4-3-11-25)24-29-28-23(32-24)18-6-8-20(26)9-7-18/h5-10,12-15H,3-4,11H2,1-2H3. The van der Waals surface area contributed by atoms with Gasteiger partial charge in [-0.05, 0) is 67.8 Å². The van der Waals surface area contributed by atoms with Crippen molar-refractivity contribution in [2.24, 2.45) is 0 Å². The average molecular weight is 453 g/mol. The van der Waals surface area contributed by atoms with Crippen molar-refractivity contribution in [3.8, 4) is 22.9 Å². The van der Waals surface area contributed by atoms with Gasteiger partial charge < -0.3 is 13.7 Å². The van der Waals surface area contributed by atoms with Crippen LogP contribution in [0, 0.1) is 12.7 Å². The van der Waals surface area contributed by atoms with Crippen LogP contribution in [-0.2, 0) is 0 Å². The molecule has 0 aliphatic heterocycles. The van der Waals surface area contributed by atoms with Gasteiger partial charge in [-0.3, -0.25) is 0 Å². The van der Waals surface area contributed by atoms with Crippen molar-refractivity contribution < 1.29 is 13.5 Å². The molecule has 4 rings (SSSR count). The molecule has 0 aliphatic carbocycles. The van der Waals surface area contributed by atoms with E-state index in [9.17, 15) is 4.39 Å². The highest BCUT2D eigenvalue weighted by atomic mass is 35.5. The predicted molar refractivity (Wildman–Crippen MR) is 122 cm³/mol. The van der Waals surface area contributed by atoms with Gasteiger partial charge in [0.05, 0.1) is 24.8 Å². The highest BCUT2D eigenvalue weighted by Crippen LogP contribution is 2.29. The van der Waals surface area contributed by atoms with E-state index in [0.717, 1.165) is 28.9 Å². The van der Waals surface area contributed by atoms with Crippen LogP contribution >= 0.6 is 11.6 Å². The molecule has 164 valence electrons. The van der Waals surface area contributed by atoms with E-state index >= 15 is 0 Å². The molecule has 0 unspecified atom stereocenters. The van der Waals surface area contributed by atoms with Gasteiger partial charge in [0.25, 0.3) is 0 Å². The number of ether oxygens (including phenoxy) is 1. The number of imidazole rings is 1. The summed E-state index contributed by atoms with van der Waals surface area (Å²) in [5.74, 6) is 1.64. The molecule has 2 aromatic carbocycles. The smallest absolute Gasteiger partial charge is 0.248 e. The molecule has 32 heavy (non-hydrogen) atoms. The van der Waals surface area contributed by atoms with Crippen LogP contribution in [0.3, 0.4) is 0 Å². The van der Waals surface area contributed by atoms with Gasteiger partial charge in [-0.1, -0.05) is 6.07 Å². The quantitative estimate of drug-likeness (QED) is 0.309. The third-order valence-electron chi connectivity index (χ3n) is 4.91. The normalized spacial score (nSPS) is 11.7. The Morgan fingerprint density at radius 3 is 2.69 bits per heavy atom. The van der Waals surface area contributed by atoms with Crippen LogP contribution in [-0.4, -0.2) is 32.7 Å². The van der Waals surface area contributed by atoms with Crippen molar-refractivity contribution >= 4 is 23.3 Å². The lowest BCUT2D eigenvalue weighted by Crippen LogP contribution is -1.96. The second kappa shape index (κ2) is 9.78. The zero-order chi connectivity index (χ0) is 22.5. The predicted octanol–water partition coefficient (Wildman–Crippen LogP) is 5.94. The van der Waals surface area contributed by atoms with E-state index < -0.39 is 0 Å². The summed E-state index contributed by atoms with van der Waals surface area (Å²) in [6.45, 7) is 1.94. The number of hydrogen-bond donors (Lipinski definition) is 0. The van der Waals surface area contributed by atoms with E-state index in [1.54, 1.807) is 25.6 Å². The molecule has 0 aliphatic rings. The molecule has 0 saturated carbocycles. The van der Waals surface area contributed by atoms with E-state index in [-0.39, 0.29) is 5.82 Å². The number of alkyl halides is 1. The Bertz CT molecular complexity index is 1230. The molecule has 0 amide bonds. The molecular formula is C24H22ClFN4O2. The first-order valence-corrected chi connectivity index (χ1v) is 10.7. The summed E-state index contributed by atoms with van der Waals surface area (Å²) in [6, 6.07) is 11.8. The number of aromatic nitrogens is 4. The Morgan fingerprint density at radius 2 is 2.00 bits per heavy atom. The number of allylic oxidation sites excluding steroid dienone is 1. The highest BCUT2D eigenvalue weighted by molar-refractivity contribution is 6.17. The first kappa shape index (κ1) is 21.8. The minimum absolute atomic E-state index is 0.320. The summed E-state index contributed by atoms with van der Waals surface area (Å²) >= 11 is 5.93. The molecule has 6 nitrogen and oxygen atoms in total. The van der Waals surface area contributed by atoms with Crippen LogP contribution in [0.15, 0.2) is 59.4 Å². The molecule has 2 heterocycles. The number of halogens is 2. The molecule has 2 aromatic heterocycles. The van der Waals surface area contributed by atoms with Crippen molar-refractivity contribution in [3.05, 3.63) is 78.0 Å². The average Bonchev–Trinajstić information content (AvgIpc) is 3.46. The third-order valence-corrected chi connectivity index (χ3v) is 5.17. The molecule has 8 heteroatoms. The maximum Gasteiger partial charge on any atom is 0.248 e. The van der Waals surface area contributed by atoms with Gasteiger partial charge in [-0.2, -0.15) is 0 Å². The molecule has 4 aromatic rings. The summed E-state index contributed by atoms with van der Waals surface area (Å²) in [4.78, 5) is 4.28. The van der Waals surface area contributed by atoms with E-state index in [1.165, 1.54) is 12.1 Å². The zero-order valence-electron chi connectivity index (χ0n) is 17.8. The first-order chi connectivity index (χ1) is 15.6. The molecule has 0 bridgehead atoms. The van der Waals surface area contributed by atoms with Gasteiger partial charge in [0.2, 0.25) is 11.8 Å². The van der Waals surface area contributed by atoms with Crippen molar-refractivity contribution in [2.75, 3.05) is 13.0 Å². The molecular weight excluding hydrogens is 431 g/mol. The Balaban J connectivity index is 1.67. The summed E-state index contributed by atoms with van der Waals surface area (Å²) in [7, 11) is 1.64. The Morgan fingerprint density at radius 1 is 1.19 bits per heavy atom. The number of methoxy groups -OCH3 is 1. The van der Waals surface area contributed by atoms with Gasteiger partial charge in [0.1, 0.15) is 11.6 Å². The van der Waals surface area contributed by atoms with Crippen LogP contribution in [0.2, 0.25) is 0 Å². The Hall–Kier alpha value is -3.45. The van der Waals surface area contributed by atoms with Crippen LogP contribution < -0.4 is 4.74 Å². The Kier molecular flexibility index (Phi) is 6.66. The van der Waals surface area contributed by atoms with Gasteiger partial charge in [0, 0.05) is 23.2 Å². The van der Waals surface area contributed by atoms with E-state index in [4.69, 9.17) is 20.8 Å². The highest BCUT2D eigenvalue weighted by Gasteiger charge is 2.14. The zero-order valence-corrected chi connectivity index (χ0v) is 18.5. The maximum absolute atomic E-state index is 13.2. The number of nitrogens with zero attached hydrogens (tertiary/aromatic N) is 4. The molecule has 0 radical (unpaired) electrons. The lowest BCUT2D eigenvalue weighted by molar-refractivity contribution is 0.413. The van der Waals surface area contributed by atoms with Crippen molar-refractivity contribution in [1.29, 1.82) is 0 Å². The molecule has 0 fully saturated rings. The molecule has 0 saturated heterocycles. The van der Waals surface area contributed by atoms with Crippen molar-refractivity contribution in [1.82, 2.24) is 19.7 Å². The van der Waals surface area contributed by atoms with Gasteiger partial charge >= 0.3 is 0 Å². The fraction of sp³-hybridized carbons (Fsp3) is 0.208. The molecule has 0 N–H and O–H groups in total. The molecule has 0 spiro atoms. The van der Waals surface area contributed by atoms with Crippen LogP contribution in [0.4, 0.5) is 4.39 Å². The molecule has 0 atom stereocenters. The summed E-state index contributed by atoms with van der Waals surface area (Å²) in [6.07, 6.45) is 7.10. The fourth-order valence-electron chi connectivity index (χ4n) is 3.31. The van der Waals surface area contributed by atoms with Crippen LogP contribution in [0.1, 0.15) is 30.0 Å². The van der Waals surface area contributed by atoms with Crippen molar-refractivity contribution in [3.63, 3.8) is 0 Å². The van der Waals surface area contributed by atoms with Gasteiger partial charge in [-0.25, -0.2) is 9.37 Å². The van der Waals surface area contributed by atoms with Crippen LogP contribution in [0.25, 0.3) is 28.8 Å². The number of aryl methyl sites for hydroxylation is 1. The Labute approximate surface area is 190 Å². The van der Waals surface area contributed by atoms with E-state index in [1.807, 2.05) is 42.0 Å². The monoisotopic (exact) mass is 452 g/mol. The summed E-state index contributed by atoms with van der Waals surface area (Å²) < 4.78 is 26.6. The minimum Gasteiger partial charge on any atom is -0.495 e. The van der Waals surface area contributed by atoms with Gasteiger partial charge in [0.15, 0.2) is 0 Å². The maximum atomic E-state index is 13.2.